The Morgan fingerprint density at radius 2 is 2.22 bits per heavy atom. The number of nitrogens with two attached hydrogens (primary N) is 1. The fraction of sp³-hybridized carbons (Fsp3) is 0.714. The van der Waals surface area contributed by atoms with Gasteiger partial charge in [0.1, 0.15) is 0 Å². The van der Waals surface area contributed by atoms with Crippen molar-refractivity contribution < 1.29 is 0 Å². The highest BCUT2D eigenvalue weighted by molar-refractivity contribution is 9.11. The molecule has 1 fully saturated rings. The van der Waals surface area contributed by atoms with E-state index in [-0.39, 0.29) is 6.04 Å². The van der Waals surface area contributed by atoms with Crippen LogP contribution in [-0.4, -0.2) is 23.0 Å². The first-order valence-corrected chi connectivity index (χ1v) is 8.43. The second-order valence-electron chi connectivity index (χ2n) is 5.38. The first kappa shape index (κ1) is 14.5. The first-order chi connectivity index (χ1) is 8.54. The number of rotatable bonds is 4. The highest BCUT2D eigenvalue weighted by Crippen LogP contribution is 2.39. The van der Waals surface area contributed by atoms with E-state index in [1.54, 1.807) is 0 Å². The van der Waals surface area contributed by atoms with E-state index in [4.69, 9.17) is 5.73 Å². The monoisotopic (exact) mass is 330 g/mol. The third kappa shape index (κ3) is 2.82. The van der Waals surface area contributed by atoms with Crippen LogP contribution in [0.15, 0.2) is 15.9 Å². The lowest BCUT2D eigenvalue weighted by molar-refractivity contribution is 0.119. The lowest BCUT2D eigenvalue weighted by atomic mass is 10.0. The van der Waals surface area contributed by atoms with E-state index in [1.807, 2.05) is 11.3 Å². The summed E-state index contributed by atoms with van der Waals surface area (Å²) in [5.74, 6) is 0. The number of halogens is 1. The molecule has 102 valence electrons. The van der Waals surface area contributed by atoms with Gasteiger partial charge >= 0.3 is 0 Å². The van der Waals surface area contributed by atoms with E-state index in [2.05, 4.69) is 53.7 Å². The van der Waals surface area contributed by atoms with Crippen molar-refractivity contribution in [2.24, 2.45) is 5.73 Å². The minimum atomic E-state index is 0.171. The predicted molar refractivity (Wildman–Crippen MR) is 83.0 cm³/mol. The summed E-state index contributed by atoms with van der Waals surface area (Å²) in [5, 5.41) is 0. The van der Waals surface area contributed by atoms with Crippen LogP contribution in [-0.2, 0) is 0 Å². The molecule has 1 aromatic heterocycles. The number of hydrogen-bond donors (Lipinski definition) is 1. The average molecular weight is 331 g/mol. The number of hydrogen-bond acceptors (Lipinski definition) is 3. The maximum atomic E-state index is 6.29. The summed E-state index contributed by atoms with van der Waals surface area (Å²) in [5.41, 5.74) is 6.29. The van der Waals surface area contributed by atoms with Crippen molar-refractivity contribution in [1.82, 2.24) is 4.90 Å². The van der Waals surface area contributed by atoms with E-state index in [0.717, 1.165) is 0 Å². The molecule has 0 aromatic carbocycles. The van der Waals surface area contributed by atoms with E-state index in [0.29, 0.717) is 18.1 Å². The molecule has 0 radical (unpaired) electrons. The van der Waals surface area contributed by atoms with Gasteiger partial charge in [0.05, 0.1) is 9.83 Å². The standard InChI is InChI=1S/C14H23BrN2S/c1-4-11-6-5-9(2)17(11)14(10(3)16)12-7-8-13(15)18-12/h7-11,14H,4-6,16H2,1-3H3. The zero-order valence-electron chi connectivity index (χ0n) is 11.4. The molecule has 0 spiro atoms. The molecule has 1 aromatic rings. The Morgan fingerprint density at radius 3 is 2.72 bits per heavy atom. The van der Waals surface area contributed by atoms with Gasteiger partial charge in [-0.3, -0.25) is 4.90 Å². The van der Waals surface area contributed by atoms with E-state index in [9.17, 15) is 0 Å². The summed E-state index contributed by atoms with van der Waals surface area (Å²) in [7, 11) is 0. The van der Waals surface area contributed by atoms with Gasteiger partial charge in [0.2, 0.25) is 0 Å². The molecule has 0 aliphatic carbocycles. The first-order valence-electron chi connectivity index (χ1n) is 6.82. The molecule has 2 nitrogen and oxygen atoms in total. The lowest BCUT2D eigenvalue weighted by Gasteiger charge is -2.37. The summed E-state index contributed by atoms with van der Waals surface area (Å²) in [6.07, 6.45) is 3.84. The quantitative estimate of drug-likeness (QED) is 0.897. The molecule has 2 heterocycles. The summed E-state index contributed by atoms with van der Waals surface area (Å²) in [6.45, 7) is 6.77. The maximum Gasteiger partial charge on any atom is 0.0702 e. The van der Waals surface area contributed by atoms with Crippen LogP contribution < -0.4 is 5.73 Å². The molecule has 1 aliphatic heterocycles. The maximum absolute atomic E-state index is 6.29. The van der Waals surface area contributed by atoms with Crippen LogP contribution in [0.3, 0.4) is 0 Å². The third-order valence-electron chi connectivity index (χ3n) is 4.02. The topological polar surface area (TPSA) is 29.3 Å². The normalized spacial score (nSPS) is 28.5. The van der Waals surface area contributed by atoms with Gasteiger partial charge in [0.25, 0.3) is 0 Å². The minimum Gasteiger partial charge on any atom is -0.326 e. The molecule has 1 aliphatic rings. The van der Waals surface area contributed by atoms with Crippen LogP contribution in [0.1, 0.15) is 51.0 Å². The molecule has 4 heteroatoms. The molecule has 4 atom stereocenters. The Hall–Kier alpha value is 0.1000. The van der Waals surface area contributed by atoms with Crippen molar-refractivity contribution in [2.75, 3.05) is 0 Å². The van der Waals surface area contributed by atoms with Gasteiger partial charge in [-0.25, -0.2) is 0 Å². The van der Waals surface area contributed by atoms with Crippen LogP contribution in [0.5, 0.6) is 0 Å². The van der Waals surface area contributed by atoms with Crippen molar-refractivity contribution in [3.8, 4) is 0 Å². The van der Waals surface area contributed by atoms with Crippen molar-refractivity contribution in [3.05, 3.63) is 20.8 Å². The van der Waals surface area contributed by atoms with E-state index >= 15 is 0 Å². The Bertz CT molecular complexity index is 391. The molecule has 0 bridgehead atoms. The molecule has 0 amide bonds. The molecule has 4 unspecified atom stereocenters. The molecular weight excluding hydrogens is 308 g/mol. The molecule has 1 saturated heterocycles. The van der Waals surface area contributed by atoms with Gasteiger partial charge < -0.3 is 5.73 Å². The number of thiophene rings is 1. The summed E-state index contributed by atoms with van der Waals surface area (Å²) in [6, 6.07) is 6.23. The Labute approximate surface area is 123 Å². The van der Waals surface area contributed by atoms with Gasteiger partial charge in [0, 0.05) is 23.0 Å². The Morgan fingerprint density at radius 1 is 1.50 bits per heavy atom. The van der Waals surface area contributed by atoms with Crippen LogP contribution in [0, 0.1) is 0 Å². The lowest BCUT2D eigenvalue weighted by Crippen LogP contribution is -2.44. The summed E-state index contributed by atoms with van der Waals surface area (Å²) in [4.78, 5) is 4.05. The Balaban J connectivity index is 2.29. The zero-order chi connectivity index (χ0) is 13.3. The molecule has 2 N–H and O–H groups in total. The average Bonchev–Trinajstić information content (AvgIpc) is 2.87. The highest BCUT2D eigenvalue weighted by Gasteiger charge is 2.37. The van der Waals surface area contributed by atoms with Crippen molar-refractivity contribution in [3.63, 3.8) is 0 Å². The second kappa shape index (κ2) is 6.04. The smallest absolute Gasteiger partial charge is 0.0702 e. The van der Waals surface area contributed by atoms with Gasteiger partial charge in [-0.15, -0.1) is 11.3 Å². The van der Waals surface area contributed by atoms with Crippen LogP contribution in [0.2, 0.25) is 0 Å². The highest BCUT2D eigenvalue weighted by atomic mass is 79.9. The third-order valence-corrected chi connectivity index (χ3v) is 5.72. The number of likely N-dealkylation sites (tertiary alicyclic amines) is 1. The van der Waals surface area contributed by atoms with E-state index in [1.165, 1.54) is 27.9 Å². The molecule has 2 rings (SSSR count). The molecule has 18 heavy (non-hydrogen) atoms. The largest absolute Gasteiger partial charge is 0.326 e. The molecular formula is C14H23BrN2S. The van der Waals surface area contributed by atoms with Crippen LogP contribution in [0.4, 0.5) is 0 Å². The van der Waals surface area contributed by atoms with Crippen molar-refractivity contribution in [2.45, 2.75) is 64.2 Å². The Kier molecular flexibility index (Phi) is 4.86. The fourth-order valence-electron chi connectivity index (χ4n) is 3.17. The van der Waals surface area contributed by atoms with Crippen LogP contribution in [0.25, 0.3) is 0 Å². The summed E-state index contributed by atoms with van der Waals surface area (Å²) < 4.78 is 1.20. The fourth-order valence-corrected chi connectivity index (χ4v) is 4.82. The van der Waals surface area contributed by atoms with Crippen LogP contribution >= 0.6 is 27.3 Å². The minimum absolute atomic E-state index is 0.171. The SMILES string of the molecule is CCC1CCC(C)N1C(c1ccc(Br)s1)C(C)N. The zero-order valence-corrected chi connectivity index (χ0v) is 13.8. The predicted octanol–water partition coefficient (Wildman–Crippen LogP) is 4.16. The van der Waals surface area contributed by atoms with Gasteiger partial charge in [0.15, 0.2) is 0 Å². The van der Waals surface area contributed by atoms with Gasteiger partial charge in [-0.1, -0.05) is 6.92 Å². The van der Waals surface area contributed by atoms with Gasteiger partial charge in [-0.05, 0) is 61.2 Å². The van der Waals surface area contributed by atoms with E-state index < -0.39 is 0 Å². The molecule has 0 saturated carbocycles. The van der Waals surface area contributed by atoms with Crippen molar-refractivity contribution in [1.29, 1.82) is 0 Å². The van der Waals surface area contributed by atoms with Crippen molar-refractivity contribution >= 4 is 27.3 Å². The van der Waals surface area contributed by atoms with Gasteiger partial charge in [-0.2, -0.15) is 0 Å². The number of nitrogens with zero attached hydrogens (tertiary/aromatic N) is 1. The summed E-state index contributed by atoms with van der Waals surface area (Å²) >= 11 is 5.39. The second-order valence-corrected chi connectivity index (χ2v) is 7.88.